The molecule has 6 aliphatic rings. The zero-order valence-electron chi connectivity index (χ0n) is 36.0. The maximum Gasteiger partial charge on any atom is 0.0540 e. The summed E-state index contributed by atoms with van der Waals surface area (Å²) < 4.78 is 2.58. The summed E-state index contributed by atoms with van der Waals surface area (Å²) in [5, 5.41) is 9.39. The van der Waals surface area contributed by atoms with Gasteiger partial charge in [0.05, 0.1) is 5.52 Å². The van der Waals surface area contributed by atoms with E-state index in [0.717, 1.165) is 56.3 Å². The number of aromatic nitrogens is 1. The van der Waals surface area contributed by atoms with Crippen molar-refractivity contribution in [1.82, 2.24) is 9.88 Å². The lowest BCUT2D eigenvalue weighted by Crippen LogP contribution is -2.42. The van der Waals surface area contributed by atoms with Crippen molar-refractivity contribution in [2.75, 3.05) is 5.32 Å². The van der Waals surface area contributed by atoms with Gasteiger partial charge in [0.2, 0.25) is 0 Å². The van der Waals surface area contributed by atoms with Gasteiger partial charge < -0.3 is 15.2 Å². The molecule has 0 bridgehead atoms. The summed E-state index contributed by atoms with van der Waals surface area (Å²) in [6.07, 6.45) is 44.2. The third kappa shape index (κ3) is 7.83. The van der Waals surface area contributed by atoms with Gasteiger partial charge in [-0.05, 0) is 153 Å². The van der Waals surface area contributed by atoms with Crippen LogP contribution in [0.25, 0.3) is 44.4 Å². The van der Waals surface area contributed by atoms with Crippen LogP contribution in [-0.2, 0) is 12.8 Å². The van der Waals surface area contributed by atoms with Gasteiger partial charge in [-0.1, -0.05) is 133 Å². The summed E-state index contributed by atoms with van der Waals surface area (Å²) >= 11 is 0. The predicted octanol–water partition coefficient (Wildman–Crippen LogP) is 15.2. The summed E-state index contributed by atoms with van der Waals surface area (Å²) in [4.78, 5) is 0. The van der Waals surface area contributed by atoms with Crippen LogP contribution in [0.3, 0.4) is 0 Å². The number of fused-ring (bicyclic) bond motifs is 3. The predicted molar refractivity (Wildman–Crippen MR) is 263 cm³/mol. The highest BCUT2D eigenvalue weighted by atomic mass is 15.0. The molecule has 62 heavy (non-hydrogen) atoms. The van der Waals surface area contributed by atoms with E-state index in [1.807, 2.05) is 0 Å². The zero-order chi connectivity index (χ0) is 41.2. The molecule has 5 aliphatic carbocycles. The smallest absolute Gasteiger partial charge is 0.0540 e. The number of hydrogen-bond donors (Lipinski definition) is 2. The number of hydrogen-bond acceptors (Lipinski definition) is 2. The molecule has 0 saturated carbocycles. The summed E-state index contributed by atoms with van der Waals surface area (Å²) in [6.45, 7) is 0. The van der Waals surface area contributed by atoms with Crippen LogP contribution >= 0.6 is 0 Å². The summed E-state index contributed by atoms with van der Waals surface area (Å²) in [5.41, 5.74) is 18.6. The highest BCUT2D eigenvalue weighted by Crippen LogP contribution is 2.42. The van der Waals surface area contributed by atoms with Gasteiger partial charge >= 0.3 is 0 Å². The van der Waals surface area contributed by atoms with Gasteiger partial charge in [-0.25, -0.2) is 0 Å². The maximum atomic E-state index is 4.07. The Bertz CT molecular complexity index is 2740. The van der Waals surface area contributed by atoms with Crippen molar-refractivity contribution in [2.24, 2.45) is 17.8 Å². The molecule has 2 N–H and O–H groups in total. The molecule has 310 valence electrons. The third-order valence-electron chi connectivity index (χ3n) is 14.5. The molecule has 0 fully saturated rings. The van der Waals surface area contributed by atoms with Crippen molar-refractivity contribution in [2.45, 2.75) is 89.5 Å². The Kier molecular flexibility index (Phi) is 10.9. The monoisotopic (exact) mass is 809 g/mol. The summed E-state index contributed by atoms with van der Waals surface area (Å²) in [7, 11) is 0. The minimum Gasteiger partial charge on any atom is -0.385 e. The number of nitrogens with zero attached hydrogens (tertiary/aromatic N) is 1. The molecule has 3 nitrogen and oxygen atoms in total. The SMILES string of the molecule is C1=CCC(C2CC(C3=CC(c4ccc(Nc5cccc(-c6ccc7c8c(n(C9=CCCC=C9)c7c6)CCCC8)c5)c(-c5ccccc5)c4)=CCC3)C=C(C3C=CCCC3)N2)C=C1. The first-order chi connectivity index (χ1) is 30.7. The van der Waals surface area contributed by atoms with E-state index < -0.39 is 0 Å². The number of benzene rings is 4. The van der Waals surface area contributed by atoms with E-state index in [1.54, 1.807) is 11.1 Å². The number of aryl methyl sites for hydroxylation is 1. The fourth-order valence-corrected chi connectivity index (χ4v) is 11.2. The highest BCUT2D eigenvalue weighted by Gasteiger charge is 2.32. The molecule has 0 spiro atoms. The van der Waals surface area contributed by atoms with Crippen molar-refractivity contribution < 1.29 is 0 Å². The first-order valence-electron chi connectivity index (χ1n) is 23.7. The summed E-state index contributed by atoms with van der Waals surface area (Å²) in [5.74, 6) is 1.50. The minimum absolute atomic E-state index is 0.452. The second kappa shape index (κ2) is 17.4. The molecule has 0 amide bonds. The largest absolute Gasteiger partial charge is 0.385 e. The average molecular weight is 810 g/mol. The Hall–Kier alpha value is -6.06. The van der Waals surface area contributed by atoms with Gasteiger partial charge in [-0.3, -0.25) is 0 Å². The van der Waals surface area contributed by atoms with Crippen LogP contribution in [0.2, 0.25) is 0 Å². The fourth-order valence-electron chi connectivity index (χ4n) is 11.2. The van der Waals surface area contributed by atoms with Gasteiger partial charge in [0.1, 0.15) is 0 Å². The zero-order valence-corrected chi connectivity index (χ0v) is 36.0. The van der Waals surface area contributed by atoms with Gasteiger partial charge in [-0.15, -0.1) is 0 Å². The number of anilines is 2. The molecule has 4 atom stereocenters. The van der Waals surface area contributed by atoms with Crippen LogP contribution in [-0.4, -0.2) is 10.6 Å². The topological polar surface area (TPSA) is 29.0 Å². The lowest BCUT2D eigenvalue weighted by molar-refractivity contribution is 0.346. The number of nitrogens with one attached hydrogen (secondary N) is 2. The Morgan fingerprint density at radius 3 is 2.44 bits per heavy atom. The van der Waals surface area contributed by atoms with Gasteiger partial charge in [0.15, 0.2) is 0 Å². The standard InChI is InChI=1S/C59H59N3/c1-5-17-41(18-6-1)54-37-47(44-23-15-24-45(35-44)49-38-56(42-19-7-2-8-20-42)61-57(39-49)43-21-9-3-10-22-43)32-34-55(54)60-50-26-16-25-46(36-50)48-31-33-53-52-29-13-14-30-58(52)62(59(53)40-48)51-27-11-4-12-28-51/h1-2,5-9,11,16-19,21,23,25-28,31-37,39-40,42-43,49,56,60-61H,3-4,10,12-15,20,22,24,29-30,38H2. The van der Waals surface area contributed by atoms with Crippen molar-refractivity contribution in [1.29, 1.82) is 0 Å². The van der Waals surface area contributed by atoms with Crippen LogP contribution < -0.4 is 10.6 Å². The van der Waals surface area contributed by atoms with Crippen molar-refractivity contribution >= 4 is 33.5 Å². The number of rotatable bonds is 9. The maximum absolute atomic E-state index is 4.07. The molecule has 4 unspecified atom stereocenters. The molecule has 5 aromatic rings. The number of allylic oxidation sites excluding steroid dienone is 14. The van der Waals surface area contributed by atoms with E-state index in [0.29, 0.717) is 23.8 Å². The fraction of sp³-hybridized carbons (Fsp3) is 0.288. The van der Waals surface area contributed by atoms with E-state index >= 15 is 0 Å². The minimum atomic E-state index is 0.452. The molecular formula is C59H59N3. The van der Waals surface area contributed by atoms with Crippen molar-refractivity contribution in [3.63, 3.8) is 0 Å². The quantitative estimate of drug-likeness (QED) is 0.145. The molecule has 1 aliphatic heterocycles. The normalized spacial score (nSPS) is 23.2. The first kappa shape index (κ1) is 38.8. The van der Waals surface area contributed by atoms with E-state index in [2.05, 4.69) is 179 Å². The molecule has 2 heterocycles. The Morgan fingerprint density at radius 1 is 0.661 bits per heavy atom. The molecule has 4 aromatic carbocycles. The van der Waals surface area contributed by atoms with E-state index in [1.165, 1.54) is 99.9 Å². The van der Waals surface area contributed by atoms with Gasteiger partial charge in [0, 0.05) is 63.2 Å². The highest BCUT2D eigenvalue weighted by molar-refractivity contribution is 5.94. The van der Waals surface area contributed by atoms with Crippen LogP contribution in [0.4, 0.5) is 11.4 Å². The van der Waals surface area contributed by atoms with Crippen LogP contribution in [0.1, 0.15) is 87.4 Å². The van der Waals surface area contributed by atoms with Crippen molar-refractivity contribution in [3.05, 3.63) is 192 Å². The lowest BCUT2D eigenvalue weighted by atomic mass is 9.76. The van der Waals surface area contributed by atoms with E-state index in [9.17, 15) is 0 Å². The first-order valence-corrected chi connectivity index (χ1v) is 23.7. The molecule has 0 saturated heterocycles. The van der Waals surface area contributed by atoms with E-state index in [4.69, 9.17) is 0 Å². The van der Waals surface area contributed by atoms with Gasteiger partial charge in [-0.2, -0.15) is 0 Å². The second-order valence-electron chi connectivity index (χ2n) is 18.5. The van der Waals surface area contributed by atoms with Crippen LogP contribution in [0.15, 0.2) is 175 Å². The Balaban J connectivity index is 0.901. The summed E-state index contributed by atoms with van der Waals surface area (Å²) in [6, 6.07) is 34.6. The van der Waals surface area contributed by atoms with Crippen LogP contribution in [0.5, 0.6) is 0 Å². The van der Waals surface area contributed by atoms with E-state index in [-0.39, 0.29) is 0 Å². The molecule has 11 rings (SSSR count). The Labute approximate surface area is 368 Å². The second-order valence-corrected chi connectivity index (χ2v) is 18.5. The third-order valence-corrected chi connectivity index (χ3v) is 14.5. The lowest BCUT2D eigenvalue weighted by Gasteiger charge is -2.38. The van der Waals surface area contributed by atoms with Crippen molar-refractivity contribution in [3.8, 4) is 22.3 Å². The molecule has 1 aromatic heterocycles. The molecule has 0 radical (unpaired) electrons. The van der Waals surface area contributed by atoms with Gasteiger partial charge in [0.25, 0.3) is 0 Å². The van der Waals surface area contributed by atoms with Crippen LogP contribution in [0, 0.1) is 17.8 Å². The molecule has 3 heteroatoms. The Morgan fingerprint density at radius 2 is 1.56 bits per heavy atom. The molecular weight excluding hydrogens is 751 g/mol. The average Bonchev–Trinajstić information content (AvgIpc) is 3.69.